The number of hydrogen-bond acceptors (Lipinski definition) is 4. The average molecular weight is 369 g/mol. The molecule has 2 bridgehead atoms. The molecule has 27 heavy (non-hydrogen) atoms. The van der Waals surface area contributed by atoms with Gasteiger partial charge in [-0.25, -0.2) is 4.79 Å². The first-order valence-corrected chi connectivity index (χ1v) is 9.62. The van der Waals surface area contributed by atoms with Crippen LogP contribution in [-0.2, 0) is 9.53 Å². The molecule has 4 rings (SSSR count). The smallest absolute Gasteiger partial charge is 0.375 e. The van der Waals surface area contributed by atoms with Crippen LogP contribution in [-0.4, -0.2) is 36.0 Å². The van der Waals surface area contributed by atoms with Crippen LogP contribution in [0.25, 0.3) is 11.0 Å². The Hall–Kier alpha value is -2.30. The summed E-state index contributed by atoms with van der Waals surface area (Å²) in [6, 6.07) is 7.73. The van der Waals surface area contributed by atoms with Crippen molar-refractivity contribution in [3.8, 4) is 0 Å². The number of rotatable bonds is 3. The molecule has 1 aromatic carbocycles. The van der Waals surface area contributed by atoms with Crippen LogP contribution in [0.4, 0.5) is 0 Å². The van der Waals surface area contributed by atoms with Gasteiger partial charge in [-0.05, 0) is 43.1 Å². The number of carbonyl (C=O) groups is 2. The van der Waals surface area contributed by atoms with E-state index in [0.29, 0.717) is 5.58 Å². The van der Waals surface area contributed by atoms with Crippen LogP contribution in [0, 0.1) is 17.8 Å². The maximum absolute atomic E-state index is 12.8. The molecule has 0 unspecified atom stereocenters. The van der Waals surface area contributed by atoms with Gasteiger partial charge in [0.2, 0.25) is 5.76 Å². The molecule has 2 fully saturated rings. The number of ether oxygens (including phenoxy) is 1. The van der Waals surface area contributed by atoms with E-state index in [-0.39, 0.29) is 35.1 Å². The first-order valence-electron chi connectivity index (χ1n) is 9.62. The first kappa shape index (κ1) is 18.1. The molecule has 0 spiro atoms. The van der Waals surface area contributed by atoms with Crippen molar-refractivity contribution in [2.45, 2.75) is 53.0 Å². The number of benzene rings is 1. The van der Waals surface area contributed by atoms with Gasteiger partial charge in [0.15, 0.2) is 6.61 Å². The third-order valence-corrected chi connectivity index (χ3v) is 6.09. The van der Waals surface area contributed by atoms with Crippen molar-refractivity contribution in [2.75, 3.05) is 13.2 Å². The first-order chi connectivity index (χ1) is 12.7. The lowest BCUT2D eigenvalue weighted by molar-refractivity contribution is -0.135. The number of furan rings is 1. The standard InChI is InChI=1S/C22H27NO4/c1-14-16-7-5-6-8-17(16)27-19(14)20(25)26-11-18(24)23-13-22(4)10-15(23)9-21(2,3)12-22/h5-8,15H,9-13H2,1-4H3/t15-,22-/m1/s1. The molecule has 1 saturated heterocycles. The second kappa shape index (κ2) is 6.11. The van der Waals surface area contributed by atoms with Gasteiger partial charge in [0.1, 0.15) is 5.58 Å². The van der Waals surface area contributed by atoms with Crippen LogP contribution in [0.5, 0.6) is 0 Å². The lowest BCUT2D eigenvalue weighted by Crippen LogP contribution is -2.39. The van der Waals surface area contributed by atoms with Gasteiger partial charge >= 0.3 is 5.97 Å². The minimum Gasteiger partial charge on any atom is -0.450 e. The van der Waals surface area contributed by atoms with Gasteiger partial charge in [-0.1, -0.05) is 39.0 Å². The van der Waals surface area contributed by atoms with Gasteiger partial charge in [0.25, 0.3) is 5.91 Å². The van der Waals surface area contributed by atoms with Crippen molar-refractivity contribution < 1.29 is 18.7 Å². The SMILES string of the molecule is Cc1c(C(=O)OCC(=O)N2C[C@]3(C)C[C@H]2CC(C)(C)C3)oc2ccccc12. The number of aryl methyl sites for hydroxylation is 1. The fraction of sp³-hybridized carbons (Fsp3) is 0.545. The normalized spacial score (nSPS) is 26.4. The van der Waals surface area contributed by atoms with Crippen molar-refractivity contribution in [1.29, 1.82) is 0 Å². The molecule has 1 aromatic heterocycles. The van der Waals surface area contributed by atoms with E-state index in [0.717, 1.165) is 36.8 Å². The molecule has 1 aliphatic carbocycles. The van der Waals surface area contributed by atoms with E-state index in [4.69, 9.17) is 9.15 Å². The minimum absolute atomic E-state index is 0.108. The van der Waals surface area contributed by atoms with Crippen molar-refractivity contribution in [3.63, 3.8) is 0 Å². The van der Waals surface area contributed by atoms with Crippen molar-refractivity contribution in [3.05, 3.63) is 35.6 Å². The highest BCUT2D eigenvalue weighted by Gasteiger charge is 2.50. The summed E-state index contributed by atoms with van der Waals surface area (Å²) in [4.78, 5) is 27.1. The van der Waals surface area contributed by atoms with Gasteiger partial charge in [-0.3, -0.25) is 4.79 Å². The number of fused-ring (bicyclic) bond motifs is 3. The highest BCUT2D eigenvalue weighted by Crippen LogP contribution is 2.52. The van der Waals surface area contributed by atoms with Crippen molar-refractivity contribution >= 4 is 22.8 Å². The van der Waals surface area contributed by atoms with Gasteiger partial charge in [0.05, 0.1) is 0 Å². The van der Waals surface area contributed by atoms with E-state index in [2.05, 4.69) is 20.8 Å². The Morgan fingerprint density at radius 1 is 1.22 bits per heavy atom. The van der Waals surface area contributed by atoms with E-state index in [1.165, 1.54) is 0 Å². The number of likely N-dealkylation sites (tertiary alicyclic amines) is 1. The average Bonchev–Trinajstić information content (AvgIpc) is 3.05. The summed E-state index contributed by atoms with van der Waals surface area (Å²) in [6.45, 7) is 9.16. The highest BCUT2D eigenvalue weighted by atomic mass is 16.5. The third-order valence-electron chi connectivity index (χ3n) is 6.09. The maximum atomic E-state index is 12.8. The van der Waals surface area contributed by atoms with E-state index < -0.39 is 5.97 Å². The Balaban J connectivity index is 1.43. The summed E-state index contributed by atoms with van der Waals surface area (Å²) in [5.74, 6) is -0.508. The van der Waals surface area contributed by atoms with E-state index in [9.17, 15) is 9.59 Å². The van der Waals surface area contributed by atoms with Crippen molar-refractivity contribution in [2.24, 2.45) is 10.8 Å². The lowest BCUT2D eigenvalue weighted by atomic mass is 9.65. The molecule has 2 aromatic rings. The largest absolute Gasteiger partial charge is 0.450 e. The zero-order valence-corrected chi connectivity index (χ0v) is 16.5. The minimum atomic E-state index is -0.578. The Morgan fingerprint density at radius 3 is 2.70 bits per heavy atom. The Bertz CT molecular complexity index is 912. The molecule has 5 nitrogen and oxygen atoms in total. The van der Waals surface area contributed by atoms with Crippen LogP contribution >= 0.6 is 0 Å². The summed E-state index contributed by atoms with van der Waals surface area (Å²) in [7, 11) is 0. The zero-order valence-electron chi connectivity index (χ0n) is 16.5. The quantitative estimate of drug-likeness (QED) is 0.756. The predicted molar refractivity (Wildman–Crippen MR) is 102 cm³/mol. The molecule has 2 heterocycles. The van der Waals surface area contributed by atoms with Gasteiger partial charge in [-0.15, -0.1) is 0 Å². The molecule has 144 valence electrons. The van der Waals surface area contributed by atoms with Crippen LogP contribution in [0.1, 0.15) is 56.2 Å². The van der Waals surface area contributed by atoms with Gasteiger partial charge < -0.3 is 14.1 Å². The molecule has 0 radical (unpaired) electrons. The molecule has 2 atom stereocenters. The summed E-state index contributed by atoms with van der Waals surface area (Å²) in [6.07, 6.45) is 3.17. The zero-order chi connectivity index (χ0) is 19.4. The molecular weight excluding hydrogens is 342 g/mol. The molecule has 5 heteroatoms. The van der Waals surface area contributed by atoms with Crippen LogP contribution in [0.3, 0.4) is 0 Å². The number of hydrogen-bond donors (Lipinski definition) is 0. The molecule has 1 saturated carbocycles. The second-order valence-electron chi connectivity index (χ2n) is 9.36. The van der Waals surface area contributed by atoms with Crippen LogP contribution in [0.15, 0.2) is 28.7 Å². The Kier molecular flexibility index (Phi) is 4.09. The Morgan fingerprint density at radius 2 is 1.96 bits per heavy atom. The number of amides is 1. The monoisotopic (exact) mass is 369 g/mol. The van der Waals surface area contributed by atoms with Gasteiger partial charge in [-0.2, -0.15) is 0 Å². The summed E-state index contributed by atoms with van der Waals surface area (Å²) >= 11 is 0. The lowest BCUT2D eigenvalue weighted by Gasteiger charge is -2.39. The van der Waals surface area contributed by atoms with E-state index in [1.807, 2.05) is 36.1 Å². The summed E-state index contributed by atoms with van der Waals surface area (Å²) in [5.41, 5.74) is 1.81. The molecule has 0 N–H and O–H groups in total. The number of nitrogens with zero attached hydrogens (tertiary/aromatic N) is 1. The Labute approximate surface area is 159 Å². The third kappa shape index (κ3) is 3.24. The summed E-state index contributed by atoms with van der Waals surface area (Å²) in [5, 5.41) is 0.888. The van der Waals surface area contributed by atoms with Crippen molar-refractivity contribution in [1.82, 2.24) is 4.90 Å². The molecule has 1 aliphatic heterocycles. The van der Waals surface area contributed by atoms with Crippen LogP contribution < -0.4 is 0 Å². The number of carbonyl (C=O) groups excluding carboxylic acids is 2. The highest BCUT2D eigenvalue weighted by molar-refractivity contribution is 5.96. The van der Waals surface area contributed by atoms with Gasteiger partial charge in [0, 0.05) is 23.5 Å². The molecule has 1 amide bonds. The molecular formula is C22H27NO4. The fourth-order valence-corrected chi connectivity index (χ4v) is 5.40. The topological polar surface area (TPSA) is 59.8 Å². The predicted octanol–water partition coefficient (Wildman–Crippen LogP) is 4.33. The number of para-hydroxylation sites is 1. The van der Waals surface area contributed by atoms with E-state index >= 15 is 0 Å². The molecule has 2 aliphatic rings. The number of esters is 1. The summed E-state index contributed by atoms with van der Waals surface area (Å²) < 4.78 is 11.0. The van der Waals surface area contributed by atoms with E-state index in [1.54, 1.807) is 0 Å². The van der Waals surface area contributed by atoms with Crippen LogP contribution in [0.2, 0.25) is 0 Å². The fourth-order valence-electron chi connectivity index (χ4n) is 5.40. The second-order valence-corrected chi connectivity index (χ2v) is 9.36. The maximum Gasteiger partial charge on any atom is 0.375 e.